The smallest absolute Gasteiger partial charge is 0.119 e. The first-order valence-electron chi connectivity index (χ1n) is 4.68. The Kier molecular flexibility index (Phi) is 5.04. The summed E-state index contributed by atoms with van der Waals surface area (Å²) in [6, 6.07) is 7.77. The molecule has 0 atom stereocenters. The molecule has 0 saturated carbocycles. The molecule has 1 aromatic rings. The maximum atomic E-state index is 8.58. The van der Waals surface area contributed by atoms with E-state index >= 15 is 0 Å². The van der Waals surface area contributed by atoms with Gasteiger partial charge in [0, 0.05) is 20.1 Å². The fraction of sp³-hybridized carbons (Fsp3) is 0.455. The molecule has 14 heavy (non-hydrogen) atoms. The third-order valence-electron chi connectivity index (χ3n) is 1.78. The molecule has 0 bridgehead atoms. The zero-order valence-corrected chi connectivity index (χ0v) is 8.40. The zero-order chi connectivity index (χ0) is 10.2. The van der Waals surface area contributed by atoms with Gasteiger partial charge in [-0.25, -0.2) is 0 Å². The van der Waals surface area contributed by atoms with Gasteiger partial charge in [-0.1, -0.05) is 12.1 Å². The monoisotopic (exact) mass is 196 g/mol. The highest BCUT2D eigenvalue weighted by atomic mass is 16.5. The first-order valence-corrected chi connectivity index (χ1v) is 4.68. The summed E-state index contributed by atoms with van der Waals surface area (Å²) in [7, 11) is 1.67. The Bertz CT molecular complexity index is 260. The van der Waals surface area contributed by atoms with Crippen LogP contribution in [0.25, 0.3) is 0 Å². The summed E-state index contributed by atoms with van der Waals surface area (Å²) in [6.07, 6.45) is 0.661. The summed E-state index contributed by atoms with van der Waals surface area (Å²) >= 11 is 0. The molecule has 0 amide bonds. The first-order chi connectivity index (χ1) is 6.86. The van der Waals surface area contributed by atoms with E-state index in [2.05, 4.69) is 0 Å². The number of aliphatic hydroxyl groups is 1. The van der Waals surface area contributed by atoms with Crippen molar-refractivity contribution in [2.24, 2.45) is 0 Å². The van der Waals surface area contributed by atoms with Crippen molar-refractivity contribution < 1.29 is 14.6 Å². The van der Waals surface area contributed by atoms with E-state index in [1.54, 1.807) is 7.11 Å². The standard InChI is InChI=1S/C11H16O3/c1-13-9-10-4-2-5-11(8-10)14-7-3-6-12/h2,4-5,8,12H,3,6-7,9H2,1H3. The van der Waals surface area contributed by atoms with Crippen LogP contribution < -0.4 is 4.74 Å². The summed E-state index contributed by atoms with van der Waals surface area (Å²) in [6.45, 7) is 1.31. The van der Waals surface area contributed by atoms with Gasteiger partial charge in [-0.3, -0.25) is 0 Å². The quantitative estimate of drug-likeness (QED) is 0.702. The molecule has 1 aromatic carbocycles. The van der Waals surface area contributed by atoms with Crippen molar-refractivity contribution in [2.75, 3.05) is 20.3 Å². The Morgan fingerprint density at radius 1 is 1.36 bits per heavy atom. The Labute approximate surface area is 84.3 Å². The van der Waals surface area contributed by atoms with Crippen molar-refractivity contribution in [3.8, 4) is 5.75 Å². The third-order valence-corrected chi connectivity index (χ3v) is 1.78. The number of ether oxygens (including phenoxy) is 2. The Morgan fingerprint density at radius 2 is 2.21 bits per heavy atom. The van der Waals surface area contributed by atoms with E-state index in [1.165, 1.54) is 0 Å². The maximum absolute atomic E-state index is 8.58. The molecule has 1 rings (SSSR count). The highest BCUT2D eigenvalue weighted by Gasteiger charge is 1.96. The molecule has 78 valence electrons. The van der Waals surface area contributed by atoms with Crippen molar-refractivity contribution >= 4 is 0 Å². The van der Waals surface area contributed by atoms with Crippen LogP contribution in [0.15, 0.2) is 24.3 Å². The number of rotatable bonds is 6. The number of methoxy groups -OCH3 is 1. The highest BCUT2D eigenvalue weighted by molar-refractivity contribution is 5.27. The molecule has 0 aliphatic rings. The molecule has 0 fully saturated rings. The second-order valence-corrected chi connectivity index (χ2v) is 3.01. The number of aliphatic hydroxyl groups excluding tert-OH is 1. The summed E-state index contributed by atoms with van der Waals surface area (Å²) < 4.78 is 10.4. The molecule has 3 heteroatoms. The fourth-order valence-electron chi connectivity index (χ4n) is 1.15. The van der Waals surface area contributed by atoms with Crippen LogP contribution in [0.4, 0.5) is 0 Å². The lowest BCUT2D eigenvalue weighted by molar-refractivity contribution is 0.184. The molecule has 0 aliphatic heterocycles. The van der Waals surface area contributed by atoms with Crippen LogP contribution in [0.2, 0.25) is 0 Å². The third kappa shape index (κ3) is 3.77. The number of benzene rings is 1. The van der Waals surface area contributed by atoms with E-state index in [0.717, 1.165) is 11.3 Å². The van der Waals surface area contributed by atoms with Crippen LogP contribution in [-0.4, -0.2) is 25.4 Å². The number of hydrogen-bond donors (Lipinski definition) is 1. The van der Waals surface area contributed by atoms with Crippen molar-refractivity contribution in [2.45, 2.75) is 13.0 Å². The normalized spacial score (nSPS) is 10.1. The highest BCUT2D eigenvalue weighted by Crippen LogP contribution is 2.13. The molecular formula is C11H16O3. The fourth-order valence-corrected chi connectivity index (χ4v) is 1.15. The largest absolute Gasteiger partial charge is 0.493 e. The van der Waals surface area contributed by atoms with Crippen molar-refractivity contribution in [1.29, 1.82) is 0 Å². The summed E-state index contributed by atoms with van der Waals surface area (Å²) in [5.74, 6) is 0.827. The average molecular weight is 196 g/mol. The Morgan fingerprint density at radius 3 is 2.93 bits per heavy atom. The summed E-state index contributed by atoms with van der Waals surface area (Å²) in [5.41, 5.74) is 1.09. The van der Waals surface area contributed by atoms with Gasteiger partial charge in [-0.05, 0) is 17.7 Å². The van der Waals surface area contributed by atoms with E-state index in [4.69, 9.17) is 14.6 Å². The minimum Gasteiger partial charge on any atom is -0.493 e. The van der Waals surface area contributed by atoms with Crippen LogP contribution in [-0.2, 0) is 11.3 Å². The molecule has 0 heterocycles. The van der Waals surface area contributed by atoms with Gasteiger partial charge in [0.25, 0.3) is 0 Å². The van der Waals surface area contributed by atoms with Gasteiger partial charge in [0.15, 0.2) is 0 Å². The van der Waals surface area contributed by atoms with Gasteiger partial charge in [0.05, 0.1) is 13.2 Å². The average Bonchev–Trinajstić information content (AvgIpc) is 2.19. The van der Waals surface area contributed by atoms with Crippen molar-refractivity contribution in [3.05, 3.63) is 29.8 Å². The summed E-state index contributed by atoms with van der Waals surface area (Å²) in [5, 5.41) is 8.58. The van der Waals surface area contributed by atoms with Gasteiger partial charge >= 0.3 is 0 Å². The second kappa shape index (κ2) is 6.40. The van der Waals surface area contributed by atoms with Gasteiger partial charge in [-0.15, -0.1) is 0 Å². The molecule has 3 nitrogen and oxygen atoms in total. The van der Waals surface area contributed by atoms with Crippen molar-refractivity contribution in [3.63, 3.8) is 0 Å². The Hall–Kier alpha value is -1.06. The molecule has 1 N–H and O–H groups in total. The van der Waals surface area contributed by atoms with E-state index in [0.29, 0.717) is 19.6 Å². The molecule has 0 aliphatic carbocycles. The maximum Gasteiger partial charge on any atom is 0.119 e. The predicted molar refractivity (Wildman–Crippen MR) is 54.4 cm³/mol. The van der Waals surface area contributed by atoms with E-state index in [1.807, 2.05) is 24.3 Å². The van der Waals surface area contributed by atoms with Crippen LogP contribution in [0.1, 0.15) is 12.0 Å². The molecule has 0 aromatic heterocycles. The lowest BCUT2D eigenvalue weighted by Crippen LogP contribution is -2.00. The minimum atomic E-state index is 0.164. The minimum absolute atomic E-state index is 0.164. The van der Waals surface area contributed by atoms with Crippen molar-refractivity contribution in [1.82, 2.24) is 0 Å². The van der Waals surface area contributed by atoms with Crippen LogP contribution in [0, 0.1) is 0 Å². The van der Waals surface area contributed by atoms with Gasteiger partial charge < -0.3 is 14.6 Å². The Balaban J connectivity index is 2.46. The first kappa shape index (κ1) is 11.0. The molecule has 0 unspecified atom stereocenters. The van der Waals surface area contributed by atoms with Crippen LogP contribution >= 0.6 is 0 Å². The lowest BCUT2D eigenvalue weighted by Gasteiger charge is -2.06. The summed E-state index contributed by atoms with van der Waals surface area (Å²) in [4.78, 5) is 0. The van der Waals surface area contributed by atoms with Gasteiger partial charge in [0.1, 0.15) is 5.75 Å². The predicted octanol–water partition coefficient (Wildman–Crippen LogP) is 1.59. The van der Waals surface area contributed by atoms with Gasteiger partial charge in [-0.2, -0.15) is 0 Å². The topological polar surface area (TPSA) is 38.7 Å². The molecule has 0 spiro atoms. The van der Waals surface area contributed by atoms with E-state index in [-0.39, 0.29) is 6.61 Å². The van der Waals surface area contributed by atoms with E-state index in [9.17, 15) is 0 Å². The number of hydrogen-bond acceptors (Lipinski definition) is 3. The molecule has 0 saturated heterocycles. The molecular weight excluding hydrogens is 180 g/mol. The second-order valence-electron chi connectivity index (χ2n) is 3.01. The SMILES string of the molecule is COCc1cccc(OCCCO)c1. The molecule has 0 radical (unpaired) electrons. The van der Waals surface area contributed by atoms with E-state index < -0.39 is 0 Å². The van der Waals surface area contributed by atoms with Gasteiger partial charge in [0.2, 0.25) is 0 Å². The van der Waals surface area contributed by atoms with Crippen LogP contribution in [0.5, 0.6) is 5.75 Å². The zero-order valence-electron chi connectivity index (χ0n) is 8.40. The lowest BCUT2D eigenvalue weighted by atomic mass is 10.2. The van der Waals surface area contributed by atoms with Crippen LogP contribution in [0.3, 0.4) is 0 Å².